The van der Waals surface area contributed by atoms with E-state index >= 15 is 0 Å². The Morgan fingerprint density at radius 3 is 3.00 bits per heavy atom. The lowest BCUT2D eigenvalue weighted by atomic mass is 10.3. The van der Waals surface area contributed by atoms with Crippen LogP contribution in [0.1, 0.15) is 13.8 Å². The molecule has 1 aromatic rings. The van der Waals surface area contributed by atoms with Gasteiger partial charge in [-0.2, -0.15) is 0 Å². The molecule has 0 aromatic carbocycles. The van der Waals surface area contributed by atoms with Crippen molar-refractivity contribution in [3.05, 3.63) is 23.4 Å². The van der Waals surface area contributed by atoms with Gasteiger partial charge in [-0.05, 0) is 26.0 Å². The summed E-state index contributed by atoms with van der Waals surface area (Å²) in [6, 6.07) is 5.46. The van der Waals surface area contributed by atoms with Crippen molar-refractivity contribution in [3.63, 3.8) is 0 Å². The first-order valence-electron chi connectivity index (χ1n) is 5.23. The summed E-state index contributed by atoms with van der Waals surface area (Å²) in [5.74, 6) is 0.273. The van der Waals surface area contributed by atoms with Crippen LogP contribution >= 0.6 is 11.6 Å². The van der Waals surface area contributed by atoms with Crippen molar-refractivity contribution in [2.45, 2.75) is 25.7 Å². The first kappa shape index (κ1) is 11.6. The zero-order valence-corrected chi connectivity index (χ0v) is 10.1. The molecule has 1 saturated heterocycles. The van der Waals surface area contributed by atoms with E-state index in [2.05, 4.69) is 10.3 Å². The number of hydrogen-bond donors (Lipinski definition) is 1. The van der Waals surface area contributed by atoms with Gasteiger partial charge in [0.2, 0.25) is 0 Å². The molecule has 0 bridgehead atoms. The third kappa shape index (κ3) is 3.07. The molecule has 88 valence electrons. The van der Waals surface area contributed by atoms with Crippen molar-refractivity contribution in [1.82, 2.24) is 4.98 Å². The number of ether oxygens (including phenoxy) is 2. The van der Waals surface area contributed by atoms with Crippen molar-refractivity contribution in [3.8, 4) is 0 Å². The van der Waals surface area contributed by atoms with Crippen LogP contribution in [-0.4, -0.2) is 30.0 Å². The molecule has 1 aliphatic heterocycles. The first-order valence-corrected chi connectivity index (χ1v) is 5.61. The van der Waals surface area contributed by atoms with Gasteiger partial charge in [-0.25, -0.2) is 4.98 Å². The molecule has 1 fully saturated rings. The highest BCUT2D eigenvalue weighted by molar-refractivity contribution is 6.29. The van der Waals surface area contributed by atoms with Crippen LogP contribution in [0.25, 0.3) is 0 Å². The summed E-state index contributed by atoms with van der Waals surface area (Å²) in [6.45, 7) is 5.08. The van der Waals surface area contributed by atoms with Gasteiger partial charge >= 0.3 is 0 Å². The highest BCUT2D eigenvalue weighted by Crippen LogP contribution is 2.22. The maximum absolute atomic E-state index is 5.78. The van der Waals surface area contributed by atoms with Crippen LogP contribution in [0.2, 0.25) is 5.15 Å². The topological polar surface area (TPSA) is 43.4 Å². The Morgan fingerprint density at radius 2 is 2.38 bits per heavy atom. The second-order valence-electron chi connectivity index (χ2n) is 4.18. The number of anilines is 1. The number of nitrogens with zero attached hydrogens (tertiary/aromatic N) is 1. The molecule has 2 heterocycles. The summed E-state index contributed by atoms with van der Waals surface area (Å²) in [5.41, 5.74) is 0. The zero-order valence-electron chi connectivity index (χ0n) is 9.37. The smallest absolute Gasteiger partial charge is 0.163 e. The van der Waals surface area contributed by atoms with Gasteiger partial charge in [0.05, 0.1) is 6.61 Å². The number of nitrogens with one attached hydrogen (secondary N) is 1. The summed E-state index contributed by atoms with van der Waals surface area (Å²) >= 11 is 5.78. The maximum Gasteiger partial charge on any atom is 0.163 e. The summed E-state index contributed by atoms with van der Waals surface area (Å²) in [5, 5.41) is 3.65. The average molecular weight is 243 g/mol. The van der Waals surface area contributed by atoms with Gasteiger partial charge in [-0.3, -0.25) is 0 Å². The van der Waals surface area contributed by atoms with Crippen molar-refractivity contribution in [2.75, 3.05) is 18.5 Å². The Labute approximate surface area is 99.9 Å². The molecule has 16 heavy (non-hydrogen) atoms. The van der Waals surface area contributed by atoms with E-state index in [0.717, 1.165) is 5.82 Å². The van der Waals surface area contributed by atoms with E-state index in [1.54, 1.807) is 6.07 Å². The van der Waals surface area contributed by atoms with Crippen LogP contribution in [0.4, 0.5) is 5.82 Å². The molecule has 0 spiro atoms. The number of pyridine rings is 1. The molecule has 1 aliphatic rings. The van der Waals surface area contributed by atoms with Crippen molar-refractivity contribution < 1.29 is 9.47 Å². The molecule has 2 rings (SSSR count). The molecular weight excluding hydrogens is 228 g/mol. The molecule has 1 unspecified atom stereocenters. The minimum Gasteiger partial charge on any atom is -0.367 e. The number of aromatic nitrogens is 1. The molecule has 1 N–H and O–H groups in total. The normalized spacial score (nSPS) is 23.3. The van der Waals surface area contributed by atoms with Gasteiger partial charge in [0.1, 0.15) is 17.1 Å². The predicted molar refractivity (Wildman–Crippen MR) is 62.6 cm³/mol. The Morgan fingerprint density at radius 1 is 1.56 bits per heavy atom. The Balaban J connectivity index is 1.84. The lowest BCUT2D eigenvalue weighted by Crippen LogP contribution is -2.26. The summed E-state index contributed by atoms with van der Waals surface area (Å²) < 4.78 is 11.1. The fourth-order valence-corrected chi connectivity index (χ4v) is 1.75. The molecule has 4 nitrogen and oxygen atoms in total. The van der Waals surface area contributed by atoms with Crippen LogP contribution in [0.5, 0.6) is 0 Å². The van der Waals surface area contributed by atoms with E-state index in [4.69, 9.17) is 21.1 Å². The van der Waals surface area contributed by atoms with Gasteiger partial charge in [0.25, 0.3) is 0 Å². The van der Waals surface area contributed by atoms with Gasteiger partial charge < -0.3 is 14.8 Å². The van der Waals surface area contributed by atoms with E-state index in [1.807, 2.05) is 26.0 Å². The standard InChI is InChI=1S/C11H15ClN2O2/c1-11(2)15-7-8(16-11)6-13-10-5-3-4-9(12)14-10/h3-5,8H,6-7H2,1-2H3,(H,13,14). The van der Waals surface area contributed by atoms with Crippen LogP contribution in [0.3, 0.4) is 0 Å². The van der Waals surface area contributed by atoms with Crippen LogP contribution in [0.15, 0.2) is 18.2 Å². The van der Waals surface area contributed by atoms with Crippen molar-refractivity contribution in [1.29, 1.82) is 0 Å². The molecular formula is C11H15ClN2O2. The Bertz CT molecular complexity index is 371. The van der Waals surface area contributed by atoms with Crippen LogP contribution < -0.4 is 5.32 Å². The van der Waals surface area contributed by atoms with Crippen LogP contribution in [0, 0.1) is 0 Å². The third-order valence-electron chi connectivity index (χ3n) is 2.29. The average Bonchev–Trinajstić information content (AvgIpc) is 2.56. The lowest BCUT2D eigenvalue weighted by molar-refractivity contribution is -0.136. The molecule has 5 heteroatoms. The summed E-state index contributed by atoms with van der Waals surface area (Å²) in [7, 11) is 0. The molecule has 0 radical (unpaired) electrons. The highest BCUT2D eigenvalue weighted by Gasteiger charge is 2.32. The Kier molecular flexibility index (Phi) is 3.33. The zero-order chi connectivity index (χ0) is 11.6. The number of hydrogen-bond acceptors (Lipinski definition) is 4. The summed E-state index contributed by atoms with van der Waals surface area (Å²) in [6.07, 6.45) is 0.0516. The quantitative estimate of drug-likeness (QED) is 0.826. The van der Waals surface area contributed by atoms with Gasteiger partial charge in [-0.15, -0.1) is 0 Å². The minimum absolute atomic E-state index is 0.0516. The fourth-order valence-electron chi connectivity index (χ4n) is 1.59. The largest absolute Gasteiger partial charge is 0.367 e. The van der Waals surface area contributed by atoms with E-state index in [9.17, 15) is 0 Å². The maximum atomic E-state index is 5.78. The highest BCUT2D eigenvalue weighted by atomic mass is 35.5. The van der Waals surface area contributed by atoms with Crippen molar-refractivity contribution >= 4 is 17.4 Å². The SMILES string of the molecule is CC1(C)OCC(CNc2cccc(Cl)n2)O1. The fraction of sp³-hybridized carbons (Fsp3) is 0.545. The van der Waals surface area contributed by atoms with E-state index in [0.29, 0.717) is 18.3 Å². The molecule has 0 amide bonds. The number of rotatable bonds is 3. The minimum atomic E-state index is -0.478. The van der Waals surface area contributed by atoms with E-state index < -0.39 is 5.79 Å². The lowest BCUT2D eigenvalue weighted by Gasteiger charge is -2.17. The van der Waals surface area contributed by atoms with Gasteiger partial charge in [0.15, 0.2) is 5.79 Å². The molecule has 1 atom stereocenters. The third-order valence-corrected chi connectivity index (χ3v) is 2.50. The van der Waals surface area contributed by atoms with Crippen LogP contribution in [-0.2, 0) is 9.47 Å². The van der Waals surface area contributed by atoms with Crippen molar-refractivity contribution in [2.24, 2.45) is 0 Å². The Hall–Kier alpha value is -0.840. The summed E-state index contributed by atoms with van der Waals surface area (Å²) in [4.78, 5) is 4.13. The molecule has 1 aromatic heterocycles. The molecule has 0 saturated carbocycles. The van der Waals surface area contributed by atoms with Gasteiger partial charge in [0, 0.05) is 6.54 Å². The predicted octanol–water partition coefficient (Wildman–Crippen LogP) is 2.30. The number of halogens is 1. The monoisotopic (exact) mass is 242 g/mol. The molecule has 0 aliphatic carbocycles. The second-order valence-corrected chi connectivity index (χ2v) is 4.56. The van der Waals surface area contributed by atoms with Gasteiger partial charge in [-0.1, -0.05) is 17.7 Å². The first-order chi connectivity index (χ1) is 7.55. The second kappa shape index (κ2) is 4.57. The van der Waals surface area contributed by atoms with E-state index in [1.165, 1.54) is 0 Å². The van der Waals surface area contributed by atoms with E-state index in [-0.39, 0.29) is 6.10 Å².